The molecule has 0 saturated carbocycles. The van der Waals surface area contributed by atoms with Gasteiger partial charge in [0, 0.05) is 11.8 Å². The maximum absolute atomic E-state index is 11.9. The summed E-state index contributed by atoms with van der Waals surface area (Å²) in [6, 6.07) is 11.3. The van der Waals surface area contributed by atoms with Crippen LogP contribution < -0.4 is 5.56 Å². The zero-order valence-electron chi connectivity index (χ0n) is 11.0. The lowest BCUT2D eigenvalue weighted by Gasteiger charge is -2.10. The smallest absolute Gasteiger partial charge is 0.292 e. The van der Waals surface area contributed by atoms with E-state index >= 15 is 0 Å². The maximum atomic E-state index is 11.9. The number of hydrogen-bond donors (Lipinski definition) is 2. The van der Waals surface area contributed by atoms with E-state index in [1.807, 2.05) is 30.3 Å². The molecule has 2 heterocycles. The van der Waals surface area contributed by atoms with Crippen molar-refractivity contribution in [1.29, 1.82) is 0 Å². The summed E-state index contributed by atoms with van der Waals surface area (Å²) >= 11 is 0. The molecule has 106 valence electrons. The molecule has 1 unspecified atom stereocenters. The Morgan fingerprint density at radius 3 is 2.57 bits per heavy atom. The van der Waals surface area contributed by atoms with Crippen molar-refractivity contribution >= 4 is 20.3 Å². The van der Waals surface area contributed by atoms with E-state index in [0.29, 0.717) is 10.1 Å². The number of rotatable bonds is 2. The van der Waals surface area contributed by atoms with Crippen molar-refractivity contribution in [3.8, 4) is 16.9 Å². The average molecular weight is 300 g/mol. The van der Waals surface area contributed by atoms with Gasteiger partial charge in [0.1, 0.15) is 5.75 Å². The normalized spacial score (nSPS) is 10.9. The molecule has 0 aliphatic heterocycles. The summed E-state index contributed by atoms with van der Waals surface area (Å²) in [4.78, 5) is 16.0. The Hall–Kier alpha value is -2.39. The summed E-state index contributed by atoms with van der Waals surface area (Å²) in [7, 11) is 2.36. The summed E-state index contributed by atoms with van der Waals surface area (Å²) in [6.07, 6.45) is 1.81. The largest absolute Gasteiger partial charge is 0.507 e. The predicted octanol–water partition coefficient (Wildman–Crippen LogP) is 2.38. The van der Waals surface area contributed by atoms with E-state index in [1.54, 1.807) is 12.3 Å². The third-order valence-electron chi connectivity index (χ3n) is 3.37. The number of benzene rings is 1. The van der Waals surface area contributed by atoms with Gasteiger partial charge in [-0.1, -0.05) is 30.3 Å². The molecule has 0 radical (unpaired) electrons. The second-order valence-electron chi connectivity index (χ2n) is 4.61. The number of aromatic hydroxyl groups is 1. The van der Waals surface area contributed by atoms with Crippen molar-refractivity contribution in [3.63, 3.8) is 0 Å². The maximum Gasteiger partial charge on any atom is 0.292 e. The molecular weight excluding hydrogens is 287 g/mol. The van der Waals surface area contributed by atoms with Crippen molar-refractivity contribution in [1.82, 2.24) is 9.71 Å². The predicted molar refractivity (Wildman–Crippen MR) is 83.7 cm³/mol. The van der Waals surface area contributed by atoms with Crippen LogP contribution in [0, 0.1) is 0 Å². The van der Waals surface area contributed by atoms with Crippen molar-refractivity contribution < 1.29 is 10.3 Å². The minimum Gasteiger partial charge on any atom is -0.507 e. The van der Waals surface area contributed by atoms with E-state index < -0.39 is 5.56 Å². The fourth-order valence-corrected chi connectivity index (χ4v) is 2.63. The van der Waals surface area contributed by atoms with Crippen molar-refractivity contribution in [2.24, 2.45) is 0 Å². The topological polar surface area (TPSA) is 75.3 Å². The van der Waals surface area contributed by atoms with Crippen LogP contribution in [0.5, 0.6) is 5.75 Å². The van der Waals surface area contributed by atoms with Crippen LogP contribution in [-0.4, -0.2) is 20.0 Å². The Labute approximate surface area is 122 Å². The van der Waals surface area contributed by atoms with Crippen LogP contribution >= 0.6 is 9.24 Å². The number of hydrogen-bond acceptors (Lipinski definition) is 4. The highest BCUT2D eigenvalue weighted by molar-refractivity contribution is 7.15. The Balaban J connectivity index is 2.34. The Morgan fingerprint density at radius 1 is 1.19 bits per heavy atom. The molecule has 21 heavy (non-hydrogen) atoms. The molecule has 0 aliphatic carbocycles. The summed E-state index contributed by atoms with van der Waals surface area (Å²) in [5, 5.41) is 20.5. The van der Waals surface area contributed by atoms with Gasteiger partial charge in [-0.25, -0.2) is 4.98 Å². The van der Waals surface area contributed by atoms with Gasteiger partial charge in [-0.05, 0) is 17.8 Å². The fraction of sp³-hybridized carbons (Fsp3) is 0.0667. The van der Waals surface area contributed by atoms with E-state index in [9.17, 15) is 15.1 Å². The van der Waals surface area contributed by atoms with Gasteiger partial charge in [0.15, 0.2) is 5.65 Å². The van der Waals surface area contributed by atoms with E-state index in [-0.39, 0.29) is 23.1 Å². The zero-order valence-corrected chi connectivity index (χ0v) is 12.2. The number of pyridine rings is 2. The minimum absolute atomic E-state index is 0.0411. The lowest BCUT2D eigenvalue weighted by molar-refractivity contribution is 0.185. The first-order valence-corrected chi connectivity index (χ1v) is 7.16. The third kappa shape index (κ3) is 2.16. The highest BCUT2D eigenvalue weighted by atomic mass is 31.0. The SMILES string of the molecule is O=c1c(CP)c(O)c2cc(-c3ccccc3)cnc2n1O. The quantitative estimate of drug-likeness (QED) is 0.563. The van der Waals surface area contributed by atoms with Crippen LogP contribution in [0.4, 0.5) is 0 Å². The first-order valence-electron chi connectivity index (χ1n) is 6.35. The summed E-state index contributed by atoms with van der Waals surface area (Å²) in [5.41, 5.74) is 1.26. The van der Waals surface area contributed by atoms with Crippen molar-refractivity contribution in [2.45, 2.75) is 6.16 Å². The minimum atomic E-state index is -0.657. The Morgan fingerprint density at radius 2 is 1.90 bits per heavy atom. The van der Waals surface area contributed by atoms with Crippen LogP contribution in [0.3, 0.4) is 0 Å². The molecule has 1 atom stereocenters. The summed E-state index contributed by atoms with van der Waals surface area (Å²) in [5.74, 6) is -0.138. The van der Waals surface area contributed by atoms with E-state index in [0.717, 1.165) is 11.1 Å². The molecule has 0 saturated heterocycles. The highest BCUT2D eigenvalue weighted by Crippen LogP contribution is 2.29. The molecular formula is C15H13N2O3P. The molecule has 0 bridgehead atoms. The first kappa shape index (κ1) is 13.6. The van der Waals surface area contributed by atoms with Crippen LogP contribution in [0.15, 0.2) is 47.4 Å². The molecule has 0 fully saturated rings. The van der Waals surface area contributed by atoms with E-state index in [4.69, 9.17) is 0 Å². The second-order valence-corrected chi connectivity index (χ2v) is 5.02. The van der Waals surface area contributed by atoms with Gasteiger partial charge >= 0.3 is 0 Å². The molecule has 3 aromatic rings. The van der Waals surface area contributed by atoms with Crippen molar-refractivity contribution in [2.75, 3.05) is 0 Å². The third-order valence-corrected chi connectivity index (χ3v) is 3.78. The van der Waals surface area contributed by atoms with Crippen LogP contribution in [-0.2, 0) is 6.16 Å². The number of aromatic nitrogens is 2. The van der Waals surface area contributed by atoms with Gasteiger partial charge in [0.25, 0.3) is 5.56 Å². The molecule has 0 amide bonds. The van der Waals surface area contributed by atoms with Gasteiger partial charge in [0.2, 0.25) is 0 Å². The molecule has 1 aromatic carbocycles. The van der Waals surface area contributed by atoms with Crippen molar-refractivity contribution in [3.05, 3.63) is 58.5 Å². The van der Waals surface area contributed by atoms with Crippen LogP contribution in [0.2, 0.25) is 0 Å². The van der Waals surface area contributed by atoms with Crippen LogP contribution in [0.1, 0.15) is 5.56 Å². The van der Waals surface area contributed by atoms with Crippen LogP contribution in [0.25, 0.3) is 22.2 Å². The molecule has 6 heteroatoms. The van der Waals surface area contributed by atoms with E-state index in [1.165, 1.54) is 0 Å². The molecule has 2 N–H and O–H groups in total. The lowest BCUT2D eigenvalue weighted by Crippen LogP contribution is -2.22. The summed E-state index contributed by atoms with van der Waals surface area (Å²) < 4.78 is 0.475. The number of nitrogens with zero attached hydrogens (tertiary/aromatic N) is 2. The van der Waals surface area contributed by atoms with Gasteiger partial charge < -0.3 is 10.3 Å². The molecule has 0 aliphatic rings. The number of fused-ring (bicyclic) bond motifs is 1. The average Bonchev–Trinajstić information content (AvgIpc) is 2.54. The molecule has 2 aromatic heterocycles. The zero-order chi connectivity index (χ0) is 15.0. The van der Waals surface area contributed by atoms with Gasteiger partial charge in [-0.15, -0.1) is 14.0 Å². The standard InChI is InChI=1S/C15H13N2O3P/c18-13-11-6-10(9-4-2-1-3-5-9)7-16-14(11)17(20)15(19)12(13)8-21/h1-7,18,20H,8,21H2. The monoisotopic (exact) mass is 300 g/mol. The lowest BCUT2D eigenvalue weighted by atomic mass is 10.1. The second kappa shape index (κ2) is 5.19. The van der Waals surface area contributed by atoms with Gasteiger partial charge in [0.05, 0.1) is 10.9 Å². The molecule has 5 nitrogen and oxygen atoms in total. The Kier molecular flexibility index (Phi) is 3.35. The summed E-state index contributed by atoms with van der Waals surface area (Å²) in [6.45, 7) is 0. The first-order chi connectivity index (χ1) is 10.1. The highest BCUT2D eigenvalue weighted by Gasteiger charge is 2.16. The van der Waals surface area contributed by atoms with E-state index in [2.05, 4.69) is 14.2 Å². The van der Waals surface area contributed by atoms with Gasteiger partial charge in [-0.2, -0.15) is 0 Å². The Bertz CT molecular complexity index is 875. The molecule has 3 rings (SSSR count). The molecule has 0 spiro atoms. The van der Waals surface area contributed by atoms with Gasteiger partial charge in [-0.3, -0.25) is 4.79 Å². The fourth-order valence-electron chi connectivity index (χ4n) is 2.26.